The predicted molar refractivity (Wildman–Crippen MR) is 82.1 cm³/mol. The second-order valence-corrected chi connectivity index (χ2v) is 5.11. The van der Waals surface area contributed by atoms with Gasteiger partial charge in [-0.25, -0.2) is 4.79 Å². The van der Waals surface area contributed by atoms with Gasteiger partial charge >= 0.3 is 6.03 Å². The van der Waals surface area contributed by atoms with E-state index in [1.807, 2.05) is 0 Å². The van der Waals surface area contributed by atoms with E-state index in [-0.39, 0.29) is 6.03 Å². The van der Waals surface area contributed by atoms with Gasteiger partial charge in [0.2, 0.25) is 5.96 Å². The minimum absolute atomic E-state index is 0.335. The number of carbonyl (C=O) groups excluding carboxylic acids is 1. The predicted octanol–water partition coefficient (Wildman–Crippen LogP) is 2.03. The molecule has 20 heavy (non-hydrogen) atoms. The zero-order valence-corrected chi connectivity index (χ0v) is 12.0. The molecule has 0 spiro atoms. The van der Waals surface area contributed by atoms with Gasteiger partial charge in [0.05, 0.1) is 10.7 Å². The van der Waals surface area contributed by atoms with Crippen molar-refractivity contribution >= 4 is 35.0 Å². The SMILES string of the molecule is CNC(=O)NC(=NCC1CC1)Nc1ccc(N)cc1Cl. The minimum atomic E-state index is -0.335. The highest BCUT2D eigenvalue weighted by molar-refractivity contribution is 6.34. The largest absolute Gasteiger partial charge is 0.399 e. The monoisotopic (exact) mass is 295 g/mol. The summed E-state index contributed by atoms with van der Waals surface area (Å²) >= 11 is 6.09. The maximum Gasteiger partial charge on any atom is 0.321 e. The summed E-state index contributed by atoms with van der Waals surface area (Å²) in [6.45, 7) is 0.693. The van der Waals surface area contributed by atoms with Gasteiger partial charge in [0.15, 0.2) is 0 Å². The number of hydrogen-bond donors (Lipinski definition) is 4. The molecule has 1 fully saturated rings. The summed E-state index contributed by atoms with van der Waals surface area (Å²) in [6.07, 6.45) is 2.39. The molecule has 1 aliphatic rings. The number of urea groups is 1. The van der Waals surface area contributed by atoms with Crippen LogP contribution in [0.2, 0.25) is 5.02 Å². The third-order valence-electron chi connectivity index (χ3n) is 2.91. The summed E-state index contributed by atoms with van der Waals surface area (Å²) in [5.74, 6) is 1.00. The summed E-state index contributed by atoms with van der Waals surface area (Å²) in [4.78, 5) is 15.8. The van der Waals surface area contributed by atoms with Crippen molar-refractivity contribution in [3.8, 4) is 0 Å². The Balaban J connectivity index is 2.08. The molecule has 0 radical (unpaired) electrons. The van der Waals surface area contributed by atoms with Gasteiger partial charge in [0, 0.05) is 19.3 Å². The molecule has 1 aromatic rings. The molecule has 0 bridgehead atoms. The number of carbonyl (C=O) groups is 1. The fourth-order valence-corrected chi connectivity index (χ4v) is 1.80. The van der Waals surface area contributed by atoms with E-state index in [1.165, 1.54) is 12.8 Å². The molecule has 7 heteroatoms. The third kappa shape index (κ3) is 4.31. The quantitative estimate of drug-likeness (QED) is 0.391. The van der Waals surface area contributed by atoms with Gasteiger partial charge in [0.25, 0.3) is 0 Å². The molecule has 0 atom stereocenters. The van der Waals surface area contributed by atoms with E-state index in [1.54, 1.807) is 25.2 Å². The van der Waals surface area contributed by atoms with E-state index in [2.05, 4.69) is 20.9 Å². The van der Waals surface area contributed by atoms with Crippen LogP contribution in [0.1, 0.15) is 12.8 Å². The Morgan fingerprint density at radius 3 is 2.85 bits per heavy atom. The molecule has 0 aromatic heterocycles. The fraction of sp³-hybridized carbons (Fsp3) is 0.385. The Morgan fingerprint density at radius 2 is 2.25 bits per heavy atom. The van der Waals surface area contributed by atoms with Gasteiger partial charge in [-0.3, -0.25) is 10.3 Å². The highest BCUT2D eigenvalue weighted by Crippen LogP contribution is 2.29. The number of nitrogens with zero attached hydrogens (tertiary/aromatic N) is 1. The Morgan fingerprint density at radius 1 is 1.50 bits per heavy atom. The number of nitrogens with two attached hydrogens (primary N) is 1. The van der Waals surface area contributed by atoms with Crippen molar-refractivity contribution in [3.05, 3.63) is 23.2 Å². The van der Waals surface area contributed by atoms with Crippen molar-refractivity contribution in [3.63, 3.8) is 0 Å². The van der Waals surface area contributed by atoms with Gasteiger partial charge < -0.3 is 16.4 Å². The number of amides is 2. The lowest BCUT2D eigenvalue weighted by atomic mass is 10.3. The number of benzene rings is 1. The summed E-state index contributed by atoms with van der Waals surface area (Å²) in [7, 11) is 1.55. The second-order valence-electron chi connectivity index (χ2n) is 4.70. The van der Waals surface area contributed by atoms with Crippen molar-refractivity contribution in [2.24, 2.45) is 10.9 Å². The number of halogens is 1. The van der Waals surface area contributed by atoms with Gasteiger partial charge in [-0.1, -0.05) is 11.6 Å². The van der Waals surface area contributed by atoms with Crippen LogP contribution in [0.15, 0.2) is 23.2 Å². The van der Waals surface area contributed by atoms with Crippen LogP contribution >= 0.6 is 11.6 Å². The third-order valence-corrected chi connectivity index (χ3v) is 3.22. The molecule has 0 aliphatic heterocycles. The van der Waals surface area contributed by atoms with Gasteiger partial charge in [-0.2, -0.15) is 0 Å². The minimum Gasteiger partial charge on any atom is -0.399 e. The molecule has 2 rings (SSSR count). The highest BCUT2D eigenvalue weighted by atomic mass is 35.5. The summed E-state index contributed by atoms with van der Waals surface area (Å²) < 4.78 is 0. The van der Waals surface area contributed by atoms with E-state index in [9.17, 15) is 4.79 Å². The highest BCUT2D eigenvalue weighted by Gasteiger charge is 2.21. The number of anilines is 2. The van der Waals surface area contributed by atoms with E-state index in [4.69, 9.17) is 17.3 Å². The van der Waals surface area contributed by atoms with Crippen molar-refractivity contribution in [1.29, 1.82) is 0 Å². The lowest BCUT2D eigenvalue weighted by Crippen LogP contribution is -2.41. The van der Waals surface area contributed by atoms with Crippen molar-refractivity contribution in [2.75, 3.05) is 24.6 Å². The molecule has 0 saturated heterocycles. The first-order valence-electron chi connectivity index (χ1n) is 6.43. The molecule has 6 nitrogen and oxygen atoms in total. The molecular weight excluding hydrogens is 278 g/mol. The maximum absolute atomic E-state index is 11.4. The Hall–Kier alpha value is -1.95. The van der Waals surface area contributed by atoms with Crippen LogP contribution in [0, 0.1) is 5.92 Å². The molecule has 0 unspecified atom stereocenters. The van der Waals surface area contributed by atoms with Crippen LogP contribution in [0.5, 0.6) is 0 Å². The molecular formula is C13H18ClN5O. The Labute approximate surface area is 122 Å². The van der Waals surface area contributed by atoms with Crippen LogP contribution in [0.3, 0.4) is 0 Å². The molecule has 0 heterocycles. The van der Waals surface area contributed by atoms with Crippen LogP contribution in [0.25, 0.3) is 0 Å². The zero-order valence-electron chi connectivity index (χ0n) is 11.2. The number of nitrogens with one attached hydrogen (secondary N) is 3. The average molecular weight is 296 g/mol. The molecule has 108 valence electrons. The number of nitrogen functional groups attached to an aromatic ring is 1. The fourth-order valence-electron chi connectivity index (χ4n) is 1.56. The van der Waals surface area contributed by atoms with Gasteiger partial charge in [-0.15, -0.1) is 0 Å². The first-order chi connectivity index (χ1) is 9.58. The van der Waals surface area contributed by atoms with Gasteiger partial charge in [0.1, 0.15) is 0 Å². The van der Waals surface area contributed by atoms with Crippen molar-refractivity contribution in [2.45, 2.75) is 12.8 Å². The first-order valence-corrected chi connectivity index (χ1v) is 6.81. The van der Waals surface area contributed by atoms with Crippen molar-refractivity contribution in [1.82, 2.24) is 10.6 Å². The average Bonchev–Trinajstić information content (AvgIpc) is 3.23. The smallest absolute Gasteiger partial charge is 0.321 e. The van der Waals surface area contributed by atoms with Crippen molar-refractivity contribution < 1.29 is 4.79 Å². The lowest BCUT2D eigenvalue weighted by molar-refractivity contribution is 0.247. The summed E-state index contributed by atoms with van der Waals surface area (Å²) in [5.41, 5.74) is 6.87. The molecule has 1 aromatic carbocycles. The Bertz CT molecular complexity index is 527. The molecule has 5 N–H and O–H groups in total. The van der Waals surface area contributed by atoms with Crippen LogP contribution in [-0.2, 0) is 0 Å². The van der Waals surface area contributed by atoms with E-state index in [0.29, 0.717) is 34.8 Å². The normalized spacial score (nSPS) is 14.8. The van der Waals surface area contributed by atoms with E-state index >= 15 is 0 Å². The summed E-state index contributed by atoms with van der Waals surface area (Å²) in [6, 6.07) is 4.78. The van der Waals surface area contributed by atoms with Crippen LogP contribution in [0.4, 0.5) is 16.2 Å². The Kier molecular flexibility index (Phi) is 4.68. The molecule has 1 saturated carbocycles. The topological polar surface area (TPSA) is 91.5 Å². The standard InChI is InChI=1S/C13H18ClN5O/c1-16-13(20)19-12(17-7-8-2-3-8)18-11-5-4-9(15)6-10(11)14/h4-6,8H,2-3,7,15H2,1H3,(H3,16,17,18,19,20). The van der Waals surface area contributed by atoms with Crippen LogP contribution < -0.4 is 21.7 Å². The first kappa shape index (κ1) is 14.5. The summed E-state index contributed by atoms with van der Waals surface area (Å²) in [5, 5.41) is 8.61. The lowest BCUT2D eigenvalue weighted by Gasteiger charge is -2.12. The van der Waals surface area contributed by atoms with E-state index < -0.39 is 0 Å². The second kappa shape index (κ2) is 6.47. The number of rotatable bonds is 3. The van der Waals surface area contributed by atoms with Gasteiger partial charge in [-0.05, 0) is 37.0 Å². The maximum atomic E-state index is 11.4. The van der Waals surface area contributed by atoms with Crippen LogP contribution in [-0.4, -0.2) is 25.6 Å². The number of aliphatic imine (C=N–C) groups is 1. The number of hydrogen-bond acceptors (Lipinski definition) is 3. The van der Waals surface area contributed by atoms with E-state index in [0.717, 1.165) is 0 Å². The zero-order chi connectivity index (χ0) is 14.5. The number of guanidine groups is 1. The molecule has 1 aliphatic carbocycles. The molecule has 2 amide bonds.